The van der Waals surface area contributed by atoms with Crippen LogP contribution >= 0.6 is 24.0 Å². The number of aromatic nitrogens is 1. The normalized spacial score (nSPS) is 14.1. The van der Waals surface area contributed by atoms with Gasteiger partial charge >= 0.3 is 0 Å². The number of aliphatic hydroxyl groups excluding tert-OH is 1. The molecule has 1 unspecified atom stereocenters. The SMILES string of the molecule is CCN(CC)Cc1ccc2[nH]c(-c3cc(C(O)C(C)C)c(Cl)c4c3C(=O)NC4)cc2c1.Cl. The summed E-state index contributed by atoms with van der Waals surface area (Å²) < 4.78 is 0. The van der Waals surface area contributed by atoms with Crippen LogP contribution in [-0.2, 0) is 13.1 Å². The van der Waals surface area contributed by atoms with Crippen molar-refractivity contribution in [3.05, 3.63) is 57.6 Å². The number of nitrogens with zero attached hydrogens (tertiary/aromatic N) is 1. The second-order valence-corrected chi connectivity index (χ2v) is 9.00. The van der Waals surface area contributed by atoms with Gasteiger partial charge in [-0.2, -0.15) is 0 Å². The molecule has 4 rings (SSSR count). The van der Waals surface area contributed by atoms with E-state index in [1.165, 1.54) is 5.56 Å². The second kappa shape index (κ2) is 9.84. The summed E-state index contributed by atoms with van der Waals surface area (Å²) in [4.78, 5) is 18.5. The number of carbonyl (C=O) groups excluding carboxylic acids is 1. The van der Waals surface area contributed by atoms with Gasteiger partial charge in [0.2, 0.25) is 0 Å². The lowest BCUT2D eigenvalue weighted by Crippen LogP contribution is -2.21. The van der Waals surface area contributed by atoms with Crippen molar-refractivity contribution in [2.75, 3.05) is 13.1 Å². The molecule has 7 heteroatoms. The molecule has 2 heterocycles. The molecule has 1 atom stereocenters. The van der Waals surface area contributed by atoms with E-state index in [0.717, 1.165) is 47.4 Å². The largest absolute Gasteiger partial charge is 0.388 e. The van der Waals surface area contributed by atoms with E-state index in [4.69, 9.17) is 11.6 Å². The number of carbonyl (C=O) groups is 1. The van der Waals surface area contributed by atoms with Crippen molar-refractivity contribution in [2.24, 2.45) is 5.92 Å². The number of hydrogen-bond donors (Lipinski definition) is 3. The van der Waals surface area contributed by atoms with Gasteiger partial charge < -0.3 is 15.4 Å². The number of nitrogens with one attached hydrogen (secondary N) is 2. The van der Waals surface area contributed by atoms with Crippen molar-refractivity contribution >= 4 is 40.8 Å². The summed E-state index contributed by atoms with van der Waals surface area (Å²) in [5, 5.41) is 15.2. The summed E-state index contributed by atoms with van der Waals surface area (Å²) in [6, 6.07) is 10.4. The van der Waals surface area contributed by atoms with Gasteiger partial charge in [-0.25, -0.2) is 0 Å². The molecule has 0 saturated carbocycles. The summed E-state index contributed by atoms with van der Waals surface area (Å²) in [5.74, 6) is -0.114. The zero-order chi connectivity index (χ0) is 22.3. The second-order valence-electron chi connectivity index (χ2n) is 8.62. The van der Waals surface area contributed by atoms with Crippen LogP contribution in [0, 0.1) is 5.92 Å². The van der Waals surface area contributed by atoms with Crippen LogP contribution in [0.3, 0.4) is 0 Å². The summed E-state index contributed by atoms with van der Waals surface area (Å²) in [6.07, 6.45) is -0.697. The van der Waals surface area contributed by atoms with Crippen LogP contribution in [0.15, 0.2) is 30.3 Å². The molecule has 0 saturated heterocycles. The number of amides is 1. The Labute approximate surface area is 200 Å². The van der Waals surface area contributed by atoms with E-state index in [-0.39, 0.29) is 24.2 Å². The molecule has 1 aliphatic heterocycles. The molecule has 0 radical (unpaired) electrons. The Bertz CT molecular complexity index is 1140. The highest BCUT2D eigenvalue weighted by Gasteiger charge is 2.30. The minimum atomic E-state index is -0.697. The fraction of sp³-hybridized carbons (Fsp3) is 0.400. The number of rotatable bonds is 7. The molecule has 172 valence electrons. The average Bonchev–Trinajstić information content (AvgIpc) is 3.35. The first-order chi connectivity index (χ1) is 14.8. The van der Waals surface area contributed by atoms with Gasteiger partial charge in [-0.15, -0.1) is 12.4 Å². The lowest BCUT2D eigenvalue weighted by molar-refractivity contribution is 0.0966. The third-order valence-corrected chi connectivity index (χ3v) is 6.71. The highest BCUT2D eigenvalue weighted by atomic mass is 35.5. The van der Waals surface area contributed by atoms with Gasteiger partial charge in [0.15, 0.2) is 0 Å². The fourth-order valence-electron chi connectivity index (χ4n) is 4.34. The van der Waals surface area contributed by atoms with E-state index in [1.54, 1.807) is 0 Å². The molecule has 1 aliphatic rings. The Kier molecular flexibility index (Phi) is 7.56. The monoisotopic (exact) mass is 475 g/mol. The number of aliphatic hydroxyl groups is 1. The number of H-pyrrole nitrogens is 1. The molecule has 32 heavy (non-hydrogen) atoms. The maximum atomic E-state index is 12.6. The van der Waals surface area contributed by atoms with Gasteiger partial charge in [-0.05, 0) is 48.8 Å². The summed E-state index contributed by atoms with van der Waals surface area (Å²) in [5.41, 5.74) is 5.95. The molecule has 1 amide bonds. The van der Waals surface area contributed by atoms with E-state index in [9.17, 15) is 9.90 Å². The number of fused-ring (bicyclic) bond motifs is 2. The quantitative estimate of drug-likeness (QED) is 0.411. The Hall–Kier alpha value is -2.05. The first-order valence-corrected chi connectivity index (χ1v) is 11.4. The molecule has 3 N–H and O–H groups in total. The zero-order valence-electron chi connectivity index (χ0n) is 19.0. The van der Waals surface area contributed by atoms with E-state index in [0.29, 0.717) is 22.7 Å². The van der Waals surface area contributed by atoms with Gasteiger partial charge in [-0.1, -0.05) is 45.4 Å². The Morgan fingerprint density at radius 3 is 2.53 bits per heavy atom. The standard InChI is InChI=1S/C25H30ClN3O2.ClH/c1-5-29(6-2)13-15-7-8-20-16(9-15)10-21(28-20)17-11-18(24(30)14(3)4)23(26)19-12-27-25(31)22(17)19;/h7-11,14,24,28,30H,5-6,12-13H2,1-4H3,(H,27,31);1H. The van der Waals surface area contributed by atoms with Gasteiger partial charge in [-0.3, -0.25) is 9.69 Å². The molecular weight excluding hydrogens is 445 g/mol. The first-order valence-electron chi connectivity index (χ1n) is 11.0. The van der Waals surface area contributed by atoms with Crippen LogP contribution in [0.1, 0.15) is 60.8 Å². The molecule has 0 bridgehead atoms. The Balaban J connectivity index is 0.00000289. The zero-order valence-corrected chi connectivity index (χ0v) is 20.5. The molecule has 0 aliphatic carbocycles. The van der Waals surface area contributed by atoms with Crippen molar-refractivity contribution in [3.63, 3.8) is 0 Å². The smallest absolute Gasteiger partial charge is 0.252 e. The van der Waals surface area contributed by atoms with E-state index in [2.05, 4.69) is 53.3 Å². The molecule has 2 aromatic carbocycles. The highest BCUT2D eigenvalue weighted by molar-refractivity contribution is 6.33. The van der Waals surface area contributed by atoms with Crippen molar-refractivity contribution in [1.29, 1.82) is 0 Å². The van der Waals surface area contributed by atoms with E-state index in [1.807, 2.05) is 19.9 Å². The van der Waals surface area contributed by atoms with Crippen LogP contribution < -0.4 is 5.32 Å². The maximum Gasteiger partial charge on any atom is 0.252 e. The van der Waals surface area contributed by atoms with Gasteiger partial charge in [0.1, 0.15) is 0 Å². The number of halogens is 2. The molecular formula is C25H31Cl2N3O2. The number of aromatic amines is 1. The molecule has 0 spiro atoms. The molecule has 5 nitrogen and oxygen atoms in total. The Morgan fingerprint density at radius 2 is 1.88 bits per heavy atom. The first kappa shape index (κ1) is 24.6. The number of benzene rings is 2. The summed E-state index contributed by atoms with van der Waals surface area (Å²) >= 11 is 6.63. The average molecular weight is 476 g/mol. The minimum Gasteiger partial charge on any atom is -0.388 e. The fourth-order valence-corrected chi connectivity index (χ4v) is 4.67. The van der Waals surface area contributed by atoms with Crippen molar-refractivity contribution < 1.29 is 9.90 Å². The lowest BCUT2D eigenvalue weighted by atomic mass is 9.91. The van der Waals surface area contributed by atoms with Crippen LogP contribution in [0.5, 0.6) is 0 Å². The van der Waals surface area contributed by atoms with E-state index >= 15 is 0 Å². The minimum absolute atomic E-state index is 0. The summed E-state index contributed by atoms with van der Waals surface area (Å²) in [6.45, 7) is 11.6. The Morgan fingerprint density at radius 1 is 1.16 bits per heavy atom. The van der Waals surface area contributed by atoms with Crippen molar-refractivity contribution in [1.82, 2.24) is 15.2 Å². The molecule has 1 aromatic heterocycles. The highest BCUT2D eigenvalue weighted by Crippen LogP contribution is 2.40. The van der Waals surface area contributed by atoms with E-state index < -0.39 is 6.10 Å². The van der Waals surface area contributed by atoms with Crippen LogP contribution in [-0.4, -0.2) is 34.0 Å². The summed E-state index contributed by atoms with van der Waals surface area (Å²) in [7, 11) is 0. The third-order valence-electron chi connectivity index (χ3n) is 6.27. The van der Waals surface area contributed by atoms with Crippen LogP contribution in [0.25, 0.3) is 22.2 Å². The molecule has 0 fully saturated rings. The van der Waals surface area contributed by atoms with Gasteiger partial charge in [0, 0.05) is 46.4 Å². The third kappa shape index (κ3) is 4.40. The van der Waals surface area contributed by atoms with Crippen molar-refractivity contribution in [3.8, 4) is 11.3 Å². The predicted octanol–water partition coefficient (Wildman–Crippen LogP) is 5.68. The van der Waals surface area contributed by atoms with Gasteiger partial charge in [0.05, 0.1) is 16.7 Å². The topological polar surface area (TPSA) is 68.4 Å². The number of hydrogen-bond acceptors (Lipinski definition) is 3. The lowest BCUT2D eigenvalue weighted by Gasteiger charge is -2.19. The predicted molar refractivity (Wildman–Crippen MR) is 134 cm³/mol. The van der Waals surface area contributed by atoms with Crippen LogP contribution in [0.2, 0.25) is 5.02 Å². The van der Waals surface area contributed by atoms with Gasteiger partial charge in [0.25, 0.3) is 5.91 Å². The van der Waals surface area contributed by atoms with Crippen LogP contribution in [0.4, 0.5) is 0 Å². The molecule has 3 aromatic rings. The maximum absolute atomic E-state index is 12.6. The van der Waals surface area contributed by atoms with Crippen molar-refractivity contribution in [2.45, 2.75) is 46.9 Å².